The summed E-state index contributed by atoms with van der Waals surface area (Å²) in [5, 5.41) is 9.29. The molecule has 1 aromatic carbocycles. The number of rotatable bonds is 4. The number of aliphatic hydroxyl groups excluding tert-OH is 1. The first-order valence-corrected chi connectivity index (χ1v) is 5.59. The molecule has 0 heterocycles. The molecule has 1 rings (SSSR count). The Hall–Kier alpha value is -1.00. The number of hydrogen-bond acceptors (Lipinski definition) is 4. The van der Waals surface area contributed by atoms with Crippen molar-refractivity contribution in [1.29, 1.82) is 0 Å². The monoisotopic (exact) mass is 226 g/mol. The Morgan fingerprint density at radius 2 is 2.07 bits per heavy atom. The topological polar surface area (TPSA) is 46.5 Å². The van der Waals surface area contributed by atoms with Crippen LogP contribution >= 0.6 is 11.8 Å². The Bertz CT molecular complexity index is 319. The Morgan fingerprint density at radius 1 is 1.47 bits per heavy atom. The number of methoxy groups -OCH3 is 1. The van der Waals surface area contributed by atoms with Crippen LogP contribution in [0.15, 0.2) is 29.2 Å². The van der Waals surface area contributed by atoms with Crippen molar-refractivity contribution in [2.24, 2.45) is 0 Å². The average Bonchev–Trinajstić information content (AvgIpc) is 2.26. The highest BCUT2D eigenvalue weighted by Crippen LogP contribution is 2.20. The minimum Gasteiger partial charge on any atom is -0.468 e. The molecule has 0 radical (unpaired) electrons. The fourth-order valence-corrected chi connectivity index (χ4v) is 1.77. The maximum atomic E-state index is 10.9. The number of benzene rings is 1. The number of esters is 1. The van der Waals surface area contributed by atoms with Gasteiger partial charge in [0, 0.05) is 4.90 Å². The lowest BCUT2D eigenvalue weighted by Crippen LogP contribution is -2.02. The number of hydrogen-bond donors (Lipinski definition) is 1. The summed E-state index contributed by atoms with van der Waals surface area (Å²) in [5.41, 5.74) is 0.873. The molecular weight excluding hydrogens is 212 g/mol. The van der Waals surface area contributed by atoms with E-state index in [0.29, 0.717) is 5.75 Å². The number of carbonyl (C=O) groups is 1. The summed E-state index contributed by atoms with van der Waals surface area (Å²) in [7, 11) is 1.37. The van der Waals surface area contributed by atoms with Crippen molar-refractivity contribution in [3.63, 3.8) is 0 Å². The van der Waals surface area contributed by atoms with Gasteiger partial charge in [0.05, 0.1) is 19.0 Å². The summed E-state index contributed by atoms with van der Waals surface area (Å²) < 4.78 is 4.53. The SMILES string of the molecule is COC(=O)CSc1ccc([C@H](C)O)cc1. The fourth-order valence-electron chi connectivity index (χ4n) is 1.04. The second-order valence-electron chi connectivity index (χ2n) is 3.11. The van der Waals surface area contributed by atoms with E-state index < -0.39 is 6.10 Å². The molecular formula is C11H14O3S. The van der Waals surface area contributed by atoms with Crippen molar-refractivity contribution in [2.45, 2.75) is 17.9 Å². The average molecular weight is 226 g/mol. The van der Waals surface area contributed by atoms with Gasteiger partial charge in [-0.1, -0.05) is 12.1 Å². The van der Waals surface area contributed by atoms with Crippen LogP contribution in [0.5, 0.6) is 0 Å². The van der Waals surface area contributed by atoms with E-state index in [4.69, 9.17) is 0 Å². The van der Waals surface area contributed by atoms with E-state index in [0.717, 1.165) is 10.5 Å². The van der Waals surface area contributed by atoms with Gasteiger partial charge in [-0.3, -0.25) is 4.79 Å². The standard InChI is InChI=1S/C11H14O3S/c1-8(12)9-3-5-10(6-4-9)15-7-11(13)14-2/h3-6,8,12H,7H2,1-2H3/t8-/m0/s1. The van der Waals surface area contributed by atoms with Gasteiger partial charge in [0.2, 0.25) is 0 Å². The smallest absolute Gasteiger partial charge is 0.315 e. The second kappa shape index (κ2) is 5.78. The zero-order valence-electron chi connectivity index (χ0n) is 8.77. The predicted octanol–water partition coefficient (Wildman–Crippen LogP) is 2.00. The van der Waals surface area contributed by atoms with E-state index in [9.17, 15) is 9.90 Å². The molecule has 0 aromatic heterocycles. The van der Waals surface area contributed by atoms with Crippen molar-refractivity contribution in [2.75, 3.05) is 12.9 Å². The van der Waals surface area contributed by atoms with Crippen molar-refractivity contribution in [1.82, 2.24) is 0 Å². The first kappa shape index (κ1) is 12.1. The van der Waals surface area contributed by atoms with Crippen LogP contribution in [0.2, 0.25) is 0 Å². The van der Waals surface area contributed by atoms with Gasteiger partial charge >= 0.3 is 5.97 Å². The number of aliphatic hydroxyl groups is 1. The van der Waals surface area contributed by atoms with Gasteiger partial charge < -0.3 is 9.84 Å². The third kappa shape index (κ3) is 3.93. The molecule has 82 valence electrons. The van der Waals surface area contributed by atoms with Gasteiger partial charge in [0.1, 0.15) is 0 Å². The Labute approximate surface area is 93.4 Å². The summed E-state index contributed by atoms with van der Waals surface area (Å²) in [4.78, 5) is 11.9. The summed E-state index contributed by atoms with van der Waals surface area (Å²) in [6.45, 7) is 1.72. The fraction of sp³-hybridized carbons (Fsp3) is 0.364. The van der Waals surface area contributed by atoms with Crippen molar-refractivity contribution < 1.29 is 14.6 Å². The Morgan fingerprint density at radius 3 is 2.53 bits per heavy atom. The van der Waals surface area contributed by atoms with Crippen LogP contribution in [-0.2, 0) is 9.53 Å². The highest BCUT2D eigenvalue weighted by Gasteiger charge is 2.03. The van der Waals surface area contributed by atoms with Crippen molar-refractivity contribution >= 4 is 17.7 Å². The first-order valence-electron chi connectivity index (χ1n) is 4.61. The van der Waals surface area contributed by atoms with Crippen LogP contribution in [0.25, 0.3) is 0 Å². The molecule has 15 heavy (non-hydrogen) atoms. The van der Waals surface area contributed by atoms with E-state index in [1.165, 1.54) is 18.9 Å². The van der Waals surface area contributed by atoms with Gasteiger partial charge in [-0.25, -0.2) is 0 Å². The molecule has 0 amide bonds. The van der Waals surface area contributed by atoms with Gasteiger partial charge in [-0.15, -0.1) is 11.8 Å². The number of ether oxygens (including phenoxy) is 1. The molecule has 0 bridgehead atoms. The summed E-state index contributed by atoms with van der Waals surface area (Å²) in [5.74, 6) is 0.0736. The van der Waals surface area contributed by atoms with Crippen LogP contribution in [0, 0.1) is 0 Å². The number of thioether (sulfide) groups is 1. The summed E-state index contributed by atoms with van der Waals surface area (Å²) in [6.07, 6.45) is -0.454. The van der Waals surface area contributed by atoms with Crippen molar-refractivity contribution in [3.8, 4) is 0 Å². The molecule has 0 aliphatic heterocycles. The summed E-state index contributed by atoms with van der Waals surface area (Å²) in [6, 6.07) is 7.47. The molecule has 0 spiro atoms. The van der Waals surface area contributed by atoms with Crippen molar-refractivity contribution in [3.05, 3.63) is 29.8 Å². The van der Waals surface area contributed by atoms with Crippen LogP contribution in [0.3, 0.4) is 0 Å². The second-order valence-corrected chi connectivity index (χ2v) is 4.16. The van der Waals surface area contributed by atoms with E-state index in [1.807, 2.05) is 24.3 Å². The summed E-state index contributed by atoms with van der Waals surface area (Å²) >= 11 is 1.42. The van der Waals surface area contributed by atoms with Crippen LogP contribution < -0.4 is 0 Å². The lowest BCUT2D eigenvalue weighted by molar-refractivity contribution is -0.137. The Kier molecular flexibility index (Phi) is 4.65. The highest BCUT2D eigenvalue weighted by molar-refractivity contribution is 8.00. The minimum absolute atomic E-state index is 0.236. The molecule has 0 fully saturated rings. The zero-order valence-corrected chi connectivity index (χ0v) is 9.58. The molecule has 1 aromatic rings. The largest absolute Gasteiger partial charge is 0.468 e. The molecule has 0 aliphatic rings. The van der Waals surface area contributed by atoms with Gasteiger partial charge in [0.25, 0.3) is 0 Å². The molecule has 3 nitrogen and oxygen atoms in total. The zero-order chi connectivity index (χ0) is 11.3. The number of carbonyl (C=O) groups excluding carboxylic acids is 1. The lowest BCUT2D eigenvalue weighted by atomic mass is 10.1. The molecule has 0 saturated heterocycles. The molecule has 1 N–H and O–H groups in total. The van der Waals surface area contributed by atoms with Crippen LogP contribution in [0.4, 0.5) is 0 Å². The highest BCUT2D eigenvalue weighted by atomic mass is 32.2. The maximum Gasteiger partial charge on any atom is 0.315 e. The predicted molar refractivity (Wildman–Crippen MR) is 59.8 cm³/mol. The quantitative estimate of drug-likeness (QED) is 0.630. The third-order valence-corrected chi connectivity index (χ3v) is 2.93. The molecule has 4 heteroatoms. The van der Waals surface area contributed by atoms with Gasteiger partial charge in [0.15, 0.2) is 0 Å². The Balaban J connectivity index is 2.53. The lowest BCUT2D eigenvalue weighted by Gasteiger charge is -2.05. The minimum atomic E-state index is -0.454. The van der Waals surface area contributed by atoms with Crippen LogP contribution in [0.1, 0.15) is 18.6 Å². The van der Waals surface area contributed by atoms with E-state index in [2.05, 4.69) is 4.74 Å². The molecule has 0 saturated carbocycles. The van der Waals surface area contributed by atoms with E-state index >= 15 is 0 Å². The normalized spacial score (nSPS) is 12.2. The van der Waals surface area contributed by atoms with Crippen LogP contribution in [-0.4, -0.2) is 23.9 Å². The molecule has 0 unspecified atom stereocenters. The first-order chi connectivity index (χ1) is 7.13. The molecule has 0 aliphatic carbocycles. The third-order valence-electron chi connectivity index (χ3n) is 1.95. The molecule has 1 atom stereocenters. The van der Waals surface area contributed by atoms with Gasteiger partial charge in [-0.05, 0) is 24.6 Å². The van der Waals surface area contributed by atoms with E-state index in [-0.39, 0.29) is 5.97 Å². The van der Waals surface area contributed by atoms with E-state index in [1.54, 1.807) is 6.92 Å². The maximum absolute atomic E-state index is 10.9. The van der Waals surface area contributed by atoms with Gasteiger partial charge in [-0.2, -0.15) is 0 Å².